The second-order valence-electron chi connectivity index (χ2n) is 8.28. The molecule has 1 saturated heterocycles. The molecular weight excluding hydrogens is 406 g/mol. The number of carbonyl (C=O) groups is 2. The largest absolute Gasteiger partial charge is 0.497 e. The van der Waals surface area contributed by atoms with Crippen LogP contribution in [-0.2, 0) is 18.4 Å². The number of amides is 2. The lowest BCUT2D eigenvalue weighted by Crippen LogP contribution is -2.30. The van der Waals surface area contributed by atoms with Gasteiger partial charge in [0, 0.05) is 31.9 Å². The summed E-state index contributed by atoms with van der Waals surface area (Å²) in [6, 6.07) is 13.4. The monoisotopic (exact) mass is 435 g/mol. The van der Waals surface area contributed by atoms with Crippen molar-refractivity contribution in [2.45, 2.75) is 39.3 Å². The van der Waals surface area contributed by atoms with E-state index < -0.39 is 0 Å². The molecule has 0 aliphatic carbocycles. The Labute approximate surface area is 187 Å². The molecule has 3 aromatic rings. The number of benzene rings is 2. The number of fused-ring (bicyclic) bond motifs is 1. The molecule has 2 amide bonds. The van der Waals surface area contributed by atoms with Gasteiger partial charge < -0.3 is 24.3 Å². The summed E-state index contributed by atoms with van der Waals surface area (Å²) in [4.78, 5) is 27.7. The Hall–Kier alpha value is -3.48. The summed E-state index contributed by atoms with van der Waals surface area (Å²) in [6.45, 7) is 4.94. The van der Waals surface area contributed by atoms with Gasteiger partial charge in [0.2, 0.25) is 5.91 Å². The standard InChI is InChI=1S/C25H29N3O4/c1-16(2)32-18-9-7-17(8-10-18)15-26-25(30)24-23(28-13-5-6-22(28)29)20-14-19(31-4)11-12-21(20)27(24)3/h7-12,14,16H,5-6,13,15H2,1-4H3,(H,26,30). The number of anilines is 1. The van der Waals surface area contributed by atoms with Gasteiger partial charge in [-0.3, -0.25) is 9.59 Å². The molecule has 1 N–H and O–H groups in total. The molecule has 32 heavy (non-hydrogen) atoms. The molecule has 1 aliphatic rings. The Morgan fingerprint density at radius 1 is 1.12 bits per heavy atom. The summed E-state index contributed by atoms with van der Waals surface area (Å²) in [5.41, 5.74) is 2.97. The molecular formula is C25H29N3O4. The molecule has 0 atom stereocenters. The van der Waals surface area contributed by atoms with Crippen LogP contribution in [0.25, 0.3) is 10.9 Å². The van der Waals surface area contributed by atoms with Crippen LogP contribution in [0.3, 0.4) is 0 Å². The van der Waals surface area contributed by atoms with Crippen molar-refractivity contribution in [2.24, 2.45) is 7.05 Å². The number of hydrogen-bond donors (Lipinski definition) is 1. The molecule has 1 aliphatic heterocycles. The van der Waals surface area contributed by atoms with Crippen molar-refractivity contribution < 1.29 is 19.1 Å². The third-order valence-electron chi connectivity index (χ3n) is 5.69. The van der Waals surface area contributed by atoms with Gasteiger partial charge in [-0.15, -0.1) is 0 Å². The average Bonchev–Trinajstić information content (AvgIpc) is 3.32. The number of hydrogen-bond acceptors (Lipinski definition) is 4. The summed E-state index contributed by atoms with van der Waals surface area (Å²) >= 11 is 0. The molecule has 1 aromatic heterocycles. The zero-order chi connectivity index (χ0) is 22.8. The van der Waals surface area contributed by atoms with Crippen LogP contribution in [0.1, 0.15) is 42.7 Å². The molecule has 0 bridgehead atoms. The van der Waals surface area contributed by atoms with E-state index in [4.69, 9.17) is 9.47 Å². The third-order valence-corrected chi connectivity index (χ3v) is 5.69. The van der Waals surface area contributed by atoms with Gasteiger partial charge in [-0.1, -0.05) is 12.1 Å². The minimum atomic E-state index is -0.222. The Balaban J connectivity index is 1.64. The fourth-order valence-corrected chi connectivity index (χ4v) is 4.17. The number of aromatic nitrogens is 1. The van der Waals surface area contributed by atoms with Crippen LogP contribution in [0.2, 0.25) is 0 Å². The van der Waals surface area contributed by atoms with Crippen molar-refractivity contribution in [1.82, 2.24) is 9.88 Å². The fourth-order valence-electron chi connectivity index (χ4n) is 4.17. The lowest BCUT2D eigenvalue weighted by atomic mass is 10.1. The molecule has 0 unspecified atom stereocenters. The molecule has 7 nitrogen and oxygen atoms in total. The maximum Gasteiger partial charge on any atom is 0.270 e. The Morgan fingerprint density at radius 2 is 1.84 bits per heavy atom. The van der Waals surface area contributed by atoms with Crippen LogP contribution < -0.4 is 19.7 Å². The van der Waals surface area contributed by atoms with Crippen molar-refractivity contribution >= 4 is 28.4 Å². The van der Waals surface area contributed by atoms with Crippen LogP contribution in [-0.4, -0.2) is 36.1 Å². The van der Waals surface area contributed by atoms with Gasteiger partial charge in [0.25, 0.3) is 5.91 Å². The Kier molecular flexibility index (Phi) is 6.08. The van der Waals surface area contributed by atoms with Gasteiger partial charge >= 0.3 is 0 Å². The van der Waals surface area contributed by atoms with Crippen molar-refractivity contribution in [1.29, 1.82) is 0 Å². The van der Waals surface area contributed by atoms with Gasteiger partial charge in [0.1, 0.15) is 17.2 Å². The SMILES string of the molecule is COc1ccc2c(c1)c(N1CCCC1=O)c(C(=O)NCc1ccc(OC(C)C)cc1)n2C. The van der Waals surface area contributed by atoms with Crippen LogP contribution in [0.15, 0.2) is 42.5 Å². The second kappa shape index (κ2) is 8.94. The smallest absolute Gasteiger partial charge is 0.270 e. The summed E-state index contributed by atoms with van der Waals surface area (Å²) in [5, 5.41) is 3.85. The van der Waals surface area contributed by atoms with Gasteiger partial charge in [0.15, 0.2) is 0 Å². The normalized spacial score (nSPS) is 13.8. The number of carbonyl (C=O) groups excluding carboxylic acids is 2. The highest BCUT2D eigenvalue weighted by Gasteiger charge is 2.31. The molecule has 4 rings (SSSR count). The molecule has 7 heteroatoms. The topological polar surface area (TPSA) is 72.8 Å². The predicted molar refractivity (Wildman–Crippen MR) is 124 cm³/mol. The maximum absolute atomic E-state index is 13.3. The summed E-state index contributed by atoms with van der Waals surface area (Å²) in [6.07, 6.45) is 1.38. The van der Waals surface area contributed by atoms with E-state index in [-0.39, 0.29) is 17.9 Å². The van der Waals surface area contributed by atoms with Gasteiger partial charge in [-0.05, 0) is 56.2 Å². The summed E-state index contributed by atoms with van der Waals surface area (Å²) < 4.78 is 12.9. The third kappa shape index (κ3) is 4.15. The van der Waals surface area contributed by atoms with Crippen molar-refractivity contribution in [3.63, 3.8) is 0 Å². The fraction of sp³-hybridized carbons (Fsp3) is 0.360. The minimum Gasteiger partial charge on any atom is -0.497 e. The van der Waals surface area contributed by atoms with Gasteiger partial charge in [0.05, 0.1) is 24.4 Å². The van der Waals surface area contributed by atoms with E-state index in [1.165, 1.54) is 0 Å². The molecule has 1 fully saturated rings. The number of methoxy groups -OCH3 is 1. The highest BCUT2D eigenvalue weighted by atomic mass is 16.5. The van der Waals surface area contributed by atoms with Crippen LogP contribution in [0.5, 0.6) is 11.5 Å². The number of ether oxygens (including phenoxy) is 2. The number of aryl methyl sites for hydroxylation is 1. The van der Waals surface area contributed by atoms with Crippen LogP contribution >= 0.6 is 0 Å². The molecule has 0 saturated carbocycles. The van der Waals surface area contributed by atoms with Crippen LogP contribution in [0.4, 0.5) is 5.69 Å². The van der Waals surface area contributed by atoms with Crippen LogP contribution in [0, 0.1) is 0 Å². The summed E-state index contributed by atoms with van der Waals surface area (Å²) in [5.74, 6) is 1.30. The van der Waals surface area contributed by atoms with Crippen molar-refractivity contribution in [3.8, 4) is 11.5 Å². The van der Waals surface area contributed by atoms with E-state index in [1.807, 2.05) is 67.9 Å². The maximum atomic E-state index is 13.3. The molecule has 0 radical (unpaired) electrons. The number of nitrogens with zero attached hydrogens (tertiary/aromatic N) is 2. The zero-order valence-electron chi connectivity index (χ0n) is 19.0. The van der Waals surface area contributed by atoms with E-state index >= 15 is 0 Å². The zero-order valence-corrected chi connectivity index (χ0v) is 19.0. The van der Waals surface area contributed by atoms with Gasteiger partial charge in [-0.2, -0.15) is 0 Å². The average molecular weight is 436 g/mol. The van der Waals surface area contributed by atoms with E-state index in [0.29, 0.717) is 36.6 Å². The van der Waals surface area contributed by atoms with Crippen molar-refractivity contribution in [2.75, 3.05) is 18.6 Å². The lowest BCUT2D eigenvalue weighted by molar-refractivity contribution is -0.117. The quantitative estimate of drug-likeness (QED) is 0.608. The highest BCUT2D eigenvalue weighted by Crippen LogP contribution is 2.37. The van der Waals surface area contributed by atoms with E-state index in [1.54, 1.807) is 12.0 Å². The molecule has 0 spiro atoms. The van der Waals surface area contributed by atoms with Crippen molar-refractivity contribution in [3.05, 3.63) is 53.7 Å². The van der Waals surface area contributed by atoms with E-state index in [2.05, 4.69) is 5.32 Å². The second-order valence-corrected chi connectivity index (χ2v) is 8.28. The first kappa shape index (κ1) is 21.7. The Morgan fingerprint density at radius 3 is 2.47 bits per heavy atom. The molecule has 168 valence electrons. The number of nitrogens with one attached hydrogen (secondary N) is 1. The lowest BCUT2D eigenvalue weighted by Gasteiger charge is -2.18. The first-order valence-electron chi connectivity index (χ1n) is 10.9. The summed E-state index contributed by atoms with van der Waals surface area (Å²) in [7, 11) is 3.46. The van der Waals surface area contributed by atoms with E-state index in [0.717, 1.165) is 28.6 Å². The number of rotatable bonds is 7. The predicted octanol–water partition coefficient (Wildman–Crippen LogP) is 4.03. The molecule has 2 heterocycles. The molecule has 2 aromatic carbocycles. The van der Waals surface area contributed by atoms with Gasteiger partial charge in [-0.25, -0.2) is 0 Å². The first-order chi connectivity index (χ1) is 15.4. The Bertz CT molecular complexity index is 1150. The minimum absolute atomic E-state index is 0.0371. The highest BCUT2D eigenvalue weighted by molar-refractivity contribution is 6.14. The first-order valence-corrected chi connectivity index (χ1v) is 10.9. The van der Waals surface area contributed by atoms with E-state index in [9.17, 15) is 9.59 Å².